The van der Waals surface area contributed by atoms with E-state index in [2.05, 4.69) is 10.1 Å². The van der Waals surface area contributed by atoms with Gasteiger partial charge in [0.05, 0.1) is 13.2 Å². The first-order valence-electron chi connectivity index (χ1n) is 4.61. The molecule has 2 N–H and O–H groups in total. The molecule has 0 aliphatic rings. The zero-order chi connectivity index (χ0) is 12.7. The smallest absolute Gasteiger partial charge is 0.328 e. The van der Waals surface area contributed by atoms with Crippen molar-refractivity contribution in [1.82, 2.24) is 10.2 Å². The van der Waals surface area contributed by atoms with Crippen LogP contribution in [-0.2, 0) is 19.1 Å². The SMILES string of the molecule is COCC(NC(=O)CN(C)C(C)=O)C(=O)O. The Balaban J connectivity index is 4.19. The number of ether oxygens (including phenoxy) is 1. The molecule has 2 amide bonds. The van der Waals surface area contributed by atoms with E-state index in [-0.39, 0.29) is 19.1 Å². The van der Waals surface area contributed by atoms with Crippen LogP contribution in [0.1, 0.15) is 6.92 Å². The Kier molecular flexibility index (Phi) is 6.09. The van der Waals surface area contributed by atoms with E-state index in [1.807, 2.05) is 0 Å². The summed E-state index contributed by atoms with van der Waals surface area (Å²) >= 11 is 0. The number of likely N-dealkylation sites (N-methyl/N-ethyl adjacent to an activating group) is 1. The van der Waals surface area contributed by atoms with E-state index in [0.29, 0.717) is 0 Å². The molecule has 0 aliphatic heterocycles. The van der Waals surface area contributed by atoms with E-state index in [0.717, 1.165) is 0 Å². The van der Waals surface area contributed by atoms with E-state index >= 15 is 0 Å². The Bertz CT molecular complexity index is 279. The number of carboxylic acid groups (broad SMARTS) is 1. The highest BCUT2D eigenvalue weighted by Crippen LogP contribution is 1.88. The van der Waals surface area contributed by atoms with Crippen LogP contribution in [0.3, 0.4) is 0 Å². The number of nitrogens with zero attached hydrogens (tertiary/aromatic N) is 1. The number of methoxy groups -OCH3 is 1. The van der Waals surface area contributed by atoms with Crippen LogP contribution in [0.2, 0.25) is 0 Å². The third-order valence-corrected chi connectivity index (χ3v) is 1.88. The van der Waals surface area contributed by atoms with Gasteiger partial charge < -0.3 is 20.1 Å². The molecular formula is C9H16N2O5. The van der Waals surface area contributed by atoms with Crippen LogP contribution in [0.5, 0.6) is 0 Å². The van der Waals surface area contributed by atoms with Gasteiger partial charge in [0.1, 0.15) is 0 Å². The van der Waals surface area contributed by atoms with Crippen molar-refractivity contribution in [2.45, 2.75) is 13.0 Å². The van der Waals surface area contributed by atoms with Crippen LogP contribution in [0.25, 0.3) is 0 Å². The zero-order valence-electron chi connectivity index (χ0n) is 9.52. The lowest BCUT2D eigenvalue weighted by Crippen LogP contribution is -2.47. The van der Waals surface area contributed by atoms with Gasteiger partial charge in [-0.2, -0.15) is 0 Å². The second-order valence-corrected chi connectivity index (χ2v) is 3.29. The molecule has 92 valence electrons. The van der Waals surface area contributed by atoms with Crippen molar-refractivity contribution < 1.29 is 24.2 Å². The average Bonchev–Trinajstić information content (AvgIpc) is 2.16. The minimum absolute atomic E-state index is 0.120. The van der Waals surface area contributed by atoms with Crippen molar-refractivity contribution in [2.75, 3.05) is 27.3 Å². The molecule has 0 rings (SSSR count). The maximum atomic E-state index is 11.3. The molecule has 0 bridgehead atoms. The number of aliphatic carboxylic acids is 1. The summed E-state index contributed by atoms with van der Waals surface area (Å²) in [4.78, 5) is 34.0. The first-order chi connectivity index (χ1) is 7.38. The molecule has 7 heteroatoms. The molecule has 0 aromatic heterocycles. The molecular weight excluding hydrogens is 216 g/mol. The molecule has 0 saturated carbocycles. The van der Waals surface area contributed by atoms with Crippen molar-refractivity contribution in [3.05, 3.63) is 0 Å². The fraction of sp³-hybridized carbons (Fsp3) is 0.667. The summed E-state index contributed by atoms with van der Waals surface area (Å²) in [6, 6.07) is -1.10. The van der Waals surface area contributed by atoms with Crippen LogP contribution in [-0.4, -0.2) is 61.1 Å². The second-order valence-electron chi connectivity index (χ2n) is 3.29. The Hall–Kier alpha value is -1.63. The second kappa shape index (κ2) is 6.78. The van der Waals surface area contributed by atoms with Crippen LogP contribution >= 0.6 is 0 Å². The third-order valence-electron chi connectivity index (χ3n) is 1.88. The minimum Gasteiger partial charge on any atom is -0.480 e. The number of carboxylic acids is 1. The summed E-state index contributed by atoms with van der Waals surface area (Å²) < 4.78 is 4.64. The number of carbonyl (C=O) groups excluding carboxylic acids is 2. The van der Waals surface area contributed by atoms with Crippen LogP contribution < -0.4 is 5.32 Å². The van der Waals surface area contributed by atoms with Gasteiger partial charge in [0.15, 0.2) is 6.04 Å². The van der Waals surface area contributed by atoms with Gasteiger partial charge in [-0.1, -0.05) is 0 Å². The maximum Gasteiger partial charge on any atom is 0.328 e. The normalized spacial score (nSPS) is 11.7. The lowest BCUT2D eigenvalue weighted by molar-refractivity contribution is -0.143. The lowest BCUT2D eigenvalue weighted by Gasteiger charge is -2.17. The summed E-state index contributed by atoms with van der Waals surface area (Å²) in [6.45, 7) is 1.02. The average molecular weight is 232 g/mol. The fourth-order valence-corrected chi connectivity index (χ4v) is 0.908. The van der Waals surface area contributed by atoms with Gasteiger partial charge in [-0.15, -0.1) is 0 Å². The summed E-state index contributed by atoms with van der Waals surface area (Å²) in [5.74, 6) is -1.99. The topological polar surface area (TPSA) is 95.9 Å². The van der Waals surface area contributed by atoms with E-state index in [1.165, 1.54) is 26.0 Å². The molecule has 0 aliphatic carbocycles. The number of amides is 2. The molecule has 0 aromatic carbocycles. The van der Waals surface area contributed by atoms with E-state index in [9.17, 15) is 14.4 Å². The molecule has 0 fully saturated rings. The van der Waals surface area contributed by atoms with Gasteiger partial charge in [-0.25, -0.2) is 4.79 Å². The maximum absolute atomic E-state index is 11.3. The molecule has 0 radical (unpaired) electrons. The summed E-state index contributed by atoms with van der Waals surface area (Å²) in [7, 11) is 2.79. The molecule has 0 heterocycles. The van der Waals surface area contributed by atoms with Gasteiger partial charge in [0, 0.05) is 21.1 Å². The number of hydrogen-bond donors (Lipinski definition) is 2. The van der Waals surface area contributed by atoms with Gasteiger partial charge in [-0.05, 0) is 0 Å². The highest BCUT2D eigenvalue weighted by molar-refractivity contribution is 5.87. The number of rotatable bonds is 6. The van der Waals surface area contributed by atoms with Crippen molar-refractivity contribution >= 4 is 17.8 Å². The van der Waals surface area contributed by atoms with Crippen molar-refractivity contribution in [1.29, 1.82) is 0 Å². The van der Waals surface area contributed by atoms with Crippen LogP contribution in [0.15, 0.2) is 0 Å². The Morgan fingerprint density at radius 2 is 2.00 bits per heavy atom. The van der Waals surface area contributed by atoms with Crippen molar-refractivity contribution in [2.24, 2.45) is 0 Å². The Morgan fingerprint density at radius 3 is 2.38 bits per heavy atom. The predicted molar refractivity (Wildman–Crippen MR) is 54.8 cm³/mol. The minimum atomic E-state index is -1.18. The highest BCUT2D eigenvalue weighted by Gasteiger charge is 2.20. The Morgan fingerprint density at radius 1 is 1.44 bits per heavy atom. The van der Waals surface area contributed by atoms with Crippen LogP contribution in [0, 0.1) is 0 Å². The molecule has 1 unspecified atom stereocenters. The highest BCUT2D eigenvalue weighted by atomic mass is 16.5. The summed E-state index contributed by atoms with van der Waals surface area (Å²) in [5, 5.41) is 11.0. The first kappa shape index (κ1) is 14.4. The third kappa shape index (κ3) is 5.30. The van der Waals surface area contributed by atoms with Crippen LogP contribution in [0.4, 0.5) is 0 Å². The number of hydrogen-bond acceptors (Lipinski definition) is 4. The molecule has 0 saturated heterocycles. The molecule has 7 nitrogen and oxygen atoms in total. The van der Waals surface area contributed by atoms with Gasteiger partial charge in [0.25, 0.3) is 0 Å². The van der Waals surface area contributed by atoms with Crippen molar-refractivity contribution in [3.8, 4) is 0 Å². The van der Waals surface area contributed by atoms with Crippen molar-refractivity contribution in [3.63, 3.8) is 0 Å². The van der Waals surface area contributed by atoms with Gasteiger partial charge in [-0.3, -0.25) is 9.59 Å². The fourth-order valence-electron chi connectivity index (χ4n) is 0.908. The monoisotopic (exact) mass is 232 g/mol. The summed E-state index contributed by atoms with van der Waals surface area (Å²) in [6.07, 6.45) is 0. The van der Waals surface area contributed by atoms with E-state index in [4.69, 9.17) is 5.11 Å². The quantitative estimate of drug-likeness (QED) is 0.592. The lowest BCUT2D eigenvalue weighted by atomic mass is 10.3. The standard InChI is InChI=1S/C9H16N2O5/c1-6(12)11(2)4-8(13)10-7(5-16-3)9(14)15/h7H,4-5H2,1-3H3,(H,10,13)(H,14,15). The van der Waals surface area contributed by atoms with Gasteiger partial charge in [0.2, 0.25) is 11.8 Å². The molecule has 16 heavy (non-hydrogen) atoms. The first-order valence-corrected chi connectivity index (χ1v) is 4.61. The largest absolute Gasteiger partial charge is 0.480 e. The molecule has 0 spiro atoms. The summed E-state index contributed by atoms with van der Waals surface area (Å²) in [5.41, 5.74) is 0. The molecule has 1 atom stereocenters. The predicted octanol–water partition coefficient (Wildman–Crippen LogP) is -1.32. The molecule has 0 aromatic rings. The Labute approximate surface area is 93.4 Å². The number of nitrogens with one attached hydrogen (secondary N) is 1. The number of carbonyl (C=O) groups is 3. The zero-order valence-corrected chi connectivity index (χ0v) is 9.52. The van der Waals surface area contributed by atoms with E-state index < -0.39 is 17.9 Å². The van der Waals surface area contributed by atoms with Gasteiger partial charge >= 0.3 is 5.97 Å². The van der Waals surface area contributed by atoms with E-state index in [1.54, 1.807) is 0 Å².